The summed E-state index contributed by atoms with van der Waals surface area (Å²) in [7, 11) is 0. The highest BCUT2D eigenvalue weighted by Gasteiger charge is 2.21. The molecule has 22 heavy (non-hydrogen) atoms. The fourth-order valence-electron chi connectivity index (χ4n) is 3.19. The summed E-state index contributed by atoms with van der Waals surface area (Å²) in [6, 6.07) is 27.8. The van der Waals surface area contributed by atoms with Crippen LogP contribution in [0, 0.1) is 0 Å². The molecule has 0 spiro atoms. The lowest BCUT2D eigenvalue weighted by Crippen LogP contribution is -2.04. The third kappa shape index (κ3) is 2.06. The van der Waals surface area contributed by atoms with E-state index in [-0.39, 0.29) is 6.04 Å². The largest absolute Gasteiger partial charge is 0.276 e. The lowest BCUT2D eigenvalue weighted by molar-refractivity contribution is 0.826. The molecule has 1 nitrogen and oxygen atoms in total. The lowest BCUT2D eigenvalue weighted by atomic mass is 9.91. The number of aliphatic imine (C=N–C) groups is 1. The molecule has 0 amide bonds. The van der Waals surface area contributed by atoms with Gasteiger partial charge in [-0.2, -0.15) is 0 Å². The second kappa shape index (κ2) is 5.27. The minimum absolute atomic E-state index is 0.152. The van der Waals surface area contributed by atoms with Gasteiger partial charge < -0.3 is 0 Å². The molecule has 0 saturated heterocycles. The fraction of sp³-hybridized carbons (Fsp3) is 0.0952. The molecule has 0 aliphatic carbocycles. The summed E-state index contributed by atoms with van der Waals surface area (Å²) in [4.78, 5) is 5.05. The number of hydrogen-bond acceptors (Lipinski definition) is 1. The van der Waals surface area contributed by atoms with E-state index >= 15 is 0 Å². The topological polar surface area (TPSA) is 12.4 Å². The first-order valence-corrected chi connectivity index (χ1v) is 7.66. The Morgan fingerprint density at radius 3 is 2.00 bits per heavy atom. The van der Waals surface area contributed by atoms with Crippen LogP contribution in [0.2, 0.25) is 0 Å². The molecule has 0 saturated carbocycles. The van der Waals surface area contributed by atoms with Crippen LogP contribution in [0.15, 0.2) is 83.9 Å². The molecular weight excluding hydrogens is 266 g/mol. The Hall–Kier alpha value is -2.67. The average molecular weight is 283 g/mol. The van der Waals surface area contributed by atoms with E-state index in [0.717, 1.165) is 5.71 Å². The van der Waals surface area contributed by atoms with Gasteiger partial charge in [0.25, 0.3) is 0 Å². The Morgan fingerprint density at radius 2 is 1.23 bits per heavy atom. The summed E-state index contributed by atoms with van der Waals surface area (Å²) in [5, 5.41) is 0. The molecule has 106 valence electrons. The Bertz CT molecular complexity index is 847. The van der Waals surface area contributed by atoms with Gasteiger partial charge in [0.05, 0.1) is 11.8 Å². The van der Waals surface area contributed by atoms with Crippen LogP contribution in [0.3, 0.4) is 0 Å². The van der Waals surface area contributed by atoms with Crippen molar-refractivity contribution in [3.05, 3.63) is 95.6 Å². The van der Waals surface area contributed by atoms with Crippen molar-refractivity contribution >= 4 is 5.71 Å². The zero-order valence-electron chi connectivity index (χ0n) is 12.5. The molecular formula is C21H17N. The third-order valence-electron chi connectivity index (χ3n) is 4.25. The minimum Gasteiger partial charge on any atom is -0.276 e. The molecule has 1 heterocycles. The highest BCUT2D eigenvalue weighted by molar-refractivity contribution is 6.17. The summed E-state index contributed by atoms with van der Waals surface area (Å²) < 4.78 is 0. The second-order valence-electron chi connectivity index (χ2n) is 5.65. The molecule has 0 radical (unpaired) electrons. The maximum atomic E-state index is 5.05. The van der Waals surface area contributed by atoms with Crippen molar-refractivity contribution in [2.24, 2.45) is 4.99 Å². The summed E-state index contributed by atoms with van der Waals surface area (Å²) in [5.41, 5.74) is 7.33. The van der Waals surface area contributed by atoms with Crippen LogP contribution in [0.1, 0.15) is 29.7 Å². The highest BCUT2D eigenvalue weighted by atomic mass is 14.8. The Balaban J connectivity index is 2.03. The summed E-state index contributed by atoms with van der Waals surface area (Å²) in [5.74, 6) is 0. The van der Waals surface area contributed by atoms with Crippen molar-refractivity contribution in [3.8, 4) is 11.1 Å². The molecule has 1 aliphatic rings. The van der Waals surface area contributed by atoms with E-state index in [0.29, 0.717) is 0 Å². The van der Waals surface area contributed by atoms with E-state index in [1.54, 1.807) is 0 Å². The average Bonchev–Trinajstić information content (AvgIpc) is 2.72. The van der Waals surface area contributed by atoms with E-state index in [4.69, 9.17) is 4.99 Å². The minimum atomic E-state index is 0.152. The molecule has 1 unspecified atom stereocenters. The quantitative estimate of drug-likeness (QED) is 0.577. The van der Waals surface area contributed by atoms with Gasteiger partial charge in [0, 0.05) is 11.1 Å². The third-order valence-corrected chi connectivity index (χ3v) is 4.25. The summed E-state index contributed by atoms with van der Waals surface area (Å²) in [6.07, 6.45) is 0. The van der Waals surface area contributed by atoms with Gasteiger partial charge in [0.2, 0.25) is 0 Å². The number of rotatable bonds is 1. The maximum Gasteiger partial charge on any atom is 0.0734 e. The van der Waals surface area contributed by atoms with Crippen LogP contribution in [-0.2, 0) is 0 Å². The van der Waals surface area contributed by atoms with Crippen molar-refractivity contribution in [3.63, 3.8) is 0 Å². The van der Waals surface area contributed by atoms with Crippen LogP contribution < -0.4 is 0 Å². The smallest absolute Gasteiger partial charge is 0.0734 e. The predicted molar refractivity (Wildman–Crippen MR) is 92.4 cm³/mol. The fourth-order valence-corrected chi connectivity index (χ4v) is 3.19. The first-order valence-electron chi connectivity index (χ1n) is 7.66. The second-order valence-corrected chi connectivity index (χ2v) is 5.65. The van der Waals surface area contributed by atoms with Gasteiger partial charge in [0.1, 0.15) is 0 Å². The molecule has 0 fully saturated rings. The number of hydrogen-bond donors (Lipinski definition) is 0. The molecule has 0 N–H and O–H groups in total. The molecule has 3 aromatic rings. The first-order chi connectivity index (χ1) is 10.8. The van der Waals surface area contributed by atoms with Crippen LogP contribution in [0.5, 0.6) is 0 Å². The van der Waals surface area contributed by atoms with Crippen molar-refractivity contribution in [2.75, 3.05) is 0 Å². The molecule has 1 atom stereocenters. The van der Waals surface area contributed by atoms with Crippen LogP contribution in [-0.4, -0.2) is 5.71 Å². The Morgan fingerprint density at radius 1 is 0.636 bits per heavy atom. The zero-order chi connectivity index (χ0) is 14.9. The van der Waals surface area contributed by atoms with E-state index in [1.165, 1.54) is 27.8 Å². The highest BCUT2D eigenvalue weighted by Crippen LogP contribution is 2.36. The molecule has 4 rings (SSSR count). The predicted octanol–water partition coefficient (Wildman–Crippen LogP) is 5.27. The van der Waals surface area contributed by atoms with Crippen molar-refractivity contribution in [1.29, 1.82) is 0 Å². The Labute approximate surface area is 131 Å². The number of benzene rings is 3. The van der Waals surface area contributed by atoms with Gasteiger partial charge in [-0.05, 0) is 23.6 Å². The van der Waals surface area contributed by atoms with E-state index in [9.17, 15) is 0 Å². The lowest BCUT2D eigenvalue weighted by Gasteiger charge is -2.11. The molecule has 3 aromatic carbocycles. The van der Waals surface area contributed by atoms with Crippen molar-refractivity contribution < 1.29 is 0 Å². The molecule has 1 heteroatoms. The molecule has 0 aromatic heterocycles. The van der Waals surface area contributed by atoms with E-state index in [1.807, 2.05) is 6.07 Å². The van der Waals surface area contributed by atoms with Gasteiger partial charge in [-0.1, -0.05) is 78.9 Å². The number of fused-ring (bicyclic) bond motifs is 3. The van der Waals surface area contributed by atoms with E-state index < -0.39 is 0 Å². The van der Waals surface area contributed by atoms with Crippen molar-refractivity contribution in [2.45, 2.75) is 13.0 Å². The molecule has 0 bridgehead atoms. The van der Waals surface area contributed by atoms with Crippen LogP contribution in [0.4, 0.5) is 0 Å². The molecule has 1 aliphatic heterocycles. The zero-order valence-corrected chi connectivity index (χ0v) is 12.5. The Kier molecular flexibility index (Phi) is 3.12. The van der Waals surface area contributed by atoms with Gasteiger partial charge in [-0.15, -0.1) is 0 Å². The van der Waals surface area contributed by atoms with Gasteiger partial charge >= 0.3 is 0 Å². The van der Waals surface area contributed by atoms with Gasteiger partial charge in [-0.25, -0.2) is 0 Å². The van der Waals surface area contributed by atoms with Crippen LogP contribution >= 0.6 is 0 Å². The standard InChI is InChI=1S/C21H17N/c1-15-17-11-5-6-12-18(17)19-13-7-8-14-20(19)21(22-15)16-9-3-2-4-10-16/h2-15H,1H3. The summed E-state index contributed by atoms with van der Waals surface area (Å²) in [6.45, 7) is 2.17. The summed E-state index contributed by atoms with van der Waals surface area (Å²) >= 11 is 0. The SMILES string of the molecule is CC1N=C(c2ccccc2)c2ccccc2-c2ccccc21. The van der Waals surface area contributed by atoms with Gasteiger partial charge in [-0.3, -0.25) is 4.99 Å². The van der Waals surface area contributed by atoms with Gasteiger partial charge in [0.15, 0.2) is 0 Å². The maximum absolute atomic E-state index is 5.05. The monoisotopic (exact) mass is 283 g/mol. The first kappa shape index (κ1) is 13.0. The van der Waals surface area contributed by atoms with Crippen molar-refractivity contribution in [1.82, 2.24) is 0 Å². The normalized spacial score (nSPS) is 16.2. The van der Waals surface area contributed by atoms with E-state index in [2.05, 4.69) is 79.7 Å². The number of nitrogens with zero attached hydrogens (tertiary/aromatic N) is 1. The van der Waals surface area contributed by atoms with Crippen LogP contribution in [0.25, 0.3) is 11.1 Å².